The SMILES string of the molecule is C[C@H](Nc1ncnc2c1C(=O)N(C)CN2)c1cc2cccc(Cl)c2c(=O)n1-c1ccccc1. The van der Waals surface area contributed by atoms with Gasteiger partial charge >= 0.3 is 0 Å². The predicted octanol–water partition coefficient (Wildman–Crippen LogP) is 4.06. The van der Waals surface area contributed by atoms with E-state index < -0.39 is 0 Å². The van der Waals surface area contributed by atoms with Crippen molar-refractivity contribution in [1.29, 1.82) is 0 Å². The monoisotopic (exact) mass is 460 g/mol. The molecule has 0 bridgehead atoms. The summed E-state index contributed by atoms with van der Waals surface area (Å²) < 4.78 is 1.64. The Hall–Kier alpha value is -3.91. The highest BCUT2D eigenvalue weighted by Crippen LogP contribution is 2.30. The number of halogens is 1. The largest absolute Gasteiger partial charge is 0.361 e. The molecule has 9 heteroatoms. The number of carbonyl (C=O) groups excluding carboxylic acids is 1. The molecule has 0 saturated carbocycles. The molecule has 0 aliphatic carbocycles. The second kappa shape index (κ2) is 8.22. The number of nitrogens with one attached hydrogen (secondary N) is 2. The van der Waals surface area contributed by atoms with E-state index in [1.807, 2.05) is 55.5 Å². The van der Waals surface area contributed by atoms with Crippen molar-refractivity contribution in [2.75, 3.05) is 24.3 Å². The van der Waals surface area contributed by atoms with Crippen molar-refractivity contribution in [1.82, 2.24) is 19.4 Å². The molecule has 1 amide bonds. The second-order valence-electron chi connectivity index (χ2n) is 7.90. The first-order valence-corrected chi connectivity index (χ1v) is 10.8. The molecule has 0 radical (unpaired) electrons. The van der Waals surface area contributed by atoms with Crippen LogP contribution in [0.3, 0.4) is 0 Å². The Labute approximate surface area is 194 Å². The topological polar surface area (TPSA) is 92.2 Å². The van der Waals surface area contributed by atoms with E-state index in [1.165, 1.54) is 6.33 Å². The lowest BCUT2D eigenvalue weighted by Crippen LogP contribution is -2.38. The summed E-state index contributed by atoms with van der Waals surface area (Å²) in [6, 6.07) is 16.3. The molecule has 2 N–H and O–H groups in total. The normalized spacial score (nSPS) is 14.0. The molecule has 2 aromatic heterocycles. The highest BCUT2D eigenvalue weighted by atomic mass is 35.5. The van der Waals surface area contributed by atoms with Gasteiger partial charge in [0.05, 0.1) is 23.1 Å². The highest BCUT2D eigenvalue weighted by molar-refractivity contribution is 6.35. The zero-order valence-electron chi connectivity index (χ0n) is 18.0. The first kappa shape index (κ1) is 21.0. The van der Waals surface area contributed by atoms with Gasteiger partial charge in [0.25, 0.3) is 11.5 Å². The molecule has 0 fully saturated rings. The van der Waals surface area contributed by atoms with Crippen molar-refractivity contribution in [2.45, 2.75) is 13.0 Å². The van der Waals surface area contributed by atoms with Crippen LogP contribution in [-0.4, -0.2) is 39.1 Å². The first-order valence-electron chi connectivity index (χ1n) is 10.5. The average Bonchev–Trinajstić information content (AvgIpc) is 2.82. The fraction of sp³-hybridized carbons (Fsp3) is 0.167. The van der Waals surface area contributed by atoms with E-state index in [1.54, 1.807) is 22.6 Å². The summed E-state index contributed by atoms with van der Waals surface area (Å²) in [5.74, 6) is 0.702. The van der Waals surface area contributed by atoms with Crippen molar-refractivity contribution in [3.05, 3.63) is 87.6 Å². The van der Waals surface area contributed by atoms with Gasteiger partial charge in [0.2, 0.25) is 0 Å². The van der Waals surface area contributed by atoms with Gasteiger partial charge in [0.1, 0.15) is 23.5 Å². The number of hydrogen-bond donors (Lipinski definition) is 2. The number of fused-ring (bicyclic) bond motifs is 2. The summed E-state index contributed by atoms with van der Waals surface area (Å²) in [5.41, 5.74) is 1.58. The van der Waals surface area contributed by atoms with Gasteiger partial charge in [-0.2, -0.15) is 0 Å². The molecule has 33 heavy (non-hydrogen) atoms. The maximum Gasteiger partial charge on any atom is 0.264 e. The molecular formula is C24H21ClN6O2. The number of para-hydroxylation sites is 1. The van der Waals surface area contributed by atoms with Crippen LogP contribution < -0.4 is 16.2 Å². The predicted molar refractivity (Wildman–Crippen MR) is 129 cm³/mol. The molecular weight excluding hydrogens is 440 g/mol. The van der Waals surface area contributed by atoms with Crippen LogP contribution in [0.2, 0.25) is 5.02 Å². The van der Waals surface area contributed by atoms with Crippen LogP contribution >= 0.6 is 11.6 Å². The standard InChI is InChI=1S/C24H21ClN6O2/c1-14(29-22-20-21(26-12-27-22)28-13-30(2)23(20)32)18-11-15-7-6-10-17(25)19(15)24(33)31(18)16-8-4-3-5-9-16/h3-12,14H,13H2,1-2H3,(H2,26,27,28,29)/t14-/m0/s1. The van der Waals surface area contributed by atoms with E-state index in [4.69, 9.17) is 11.6 Å². The Balaban J connectivity index is 1.67. The Bertz CT molecular complexity index is 1440. The molecule has 2 aromatic carbocycles. The fourth-order valence-corrected chi connectivity index (χ4v) is 4.33. The lowest BCUT2D eigenvalue weighted by Gasteiger charge is -2.28. The number of benzene rings is 2. The fourth-order valence-electron chi connectivity index (χ4n) is 4.07. The van der Waals surface area contributed by atoms with E-state index in [-0.39, 0.29) is 17.5 Å². The quantitative estimate of drug-likeness (QED) is 0.477. The van der Waals surface area contributed by atoms with Gasteiger partial charge in [-0.05, 0) is 36.6 Å². The number of anilines is 2. The van der Waals surface area contributed by atoms with Gasteiger partial charge < -0.3 is 15.5 Å². The summed E-state index contributed by atoms with van der Waals surface area (Å²) in [4.78, 5) is 36.5. The molecule has 8 nitrogen and oxygen atoms in total. The van der Waals surface area contributed by atoms with E-state index in [2.05, 4.69) is 20.6 Å². The molecule has 4 aromatic rings. The molecule has 3 heterocycles. The first-order chi connectivity index (χ1) is 16.0. The van der Waals surface area contributed by atoms with Crippen molar-refractivity contribution in [2.24, 2.45) is 0 Å². The van der Waals surface area contributed by atoms with E-state index in [0.717, 1.165) is 11.1 Å². The molecule has 0 spiro atoms. The van der Waals surface area contributed by atoms with Crippen molar-refractivity contribution < 1.29 is 4.79 Å². The Kier molecular flexibility index (Phi) is 5.22. The lowest BCUT2D eigenvalue weighted by molar-refractivity contribution is 0.0796. The minimum absolute atomic E-state index is 0.176. The van der Waals surface area contributed by atoms with Crippen LogP contribution in [-0.2, 0) is 0 Å². The van der Waals surface area contributed by atoms with Crippen LogP contribution in [0.4, 0.5) is 11.6 Å². The minimum Gasteiger partial charge on any atom is -0.361 e. The highest BCUT2D eigenvalue weighted by Gasteiger charge is 2.28. The summed E-state index contributed by atoms with van der Waals surface area (Å²) >= 11 is 6.40. The lowest BCUT2D eigenvalue weighted by atomic mass is 10.1. The maximum absolute atomic E-state index is 13.6. The second-order valence-corrected chi connectivity index (χ2v) is 8.31. The molecule has 5 rings (SSSR count). The van der Waals surface area contributed by atoms with Crippen molar-refractivity contribution in [3.8, 4) is 5.69 Å². The minimum atomic E-state index is -0.375. The zero-order valence-corrected chi connectivity index (χ0v) is 18.8. The Morgan fingerprint density at radius 2 is 1.88 bits per heavy atom. The van der Waals surface area contributed by atoms with Gasteiger partial charge in [-0.3, -0.25) is 14.2 Å². The Morgan fingerprint density at radius 3 is 2.67 bits per heavy atom. The number of aromatic nitrogens is 3. The molecule has 0 unspecified atom stereocenters. The third kappa shape index (κ3) is 3.58. The van der Waals surface area contributed by atoms with Crippen LogP contribution in [0, 0.1) is 0 Å². The summed E-state index contributed by atoms with van der Waals surface area (Å²) in [7, 11) is 1.71. The number of rotatable bonds is 4. The number of nitrogens with zero attached hydrogens (tertiary/aromatic N) is 4. The van der Waals surface area contributed by atoms with E-state index in [0.29, 0.717) is 40.0 Å². The van der Waals surface area contributed by atoms with E-state index in [9.17, 15) is 9.59 Å². The molecule has 1 atom stereocenters. The van der Waals surface area contributed by atoms with Crippen LogP contribution in [0.25, 0.3) is 16.5 Å². The number of hydrogen-bond acceptors (Lipinski definition) is 6. The van der Waals surface area contributed by atoms with Gasteiger partial charge in [-0.15, -0.1) is 0 Å². The molecule has 0 saturated heterocycles. The average molecular weight is 461 g/mol. The zero-order chi connectivity index (χ0) is 23.1. The van der Waals surface area contributed by atoms with Gasteiger partial charge in [0.15, 0.2) is 0 Å². The summed E-state index contributed by atoms with van der Waals surface area (Å²) in [6.45, 7) is 2.29. The van der Waals surface area contributed by atoms with Crippen molar-refractivity contribution in [3.63, 3.8) is 0 Å². The Morgan fingerprint density at radius 1 is 1.09 bits per heavy atom. The van der Waals surface area contributed by atoms with Gasteiger partial charge in [-0.1, -0.05) is 41.9 Å². The summed E-state index contributed by atoms with van der Waals surface area (Å²) in [6.07, 6.45) is 1.41. The smallest absolute Gasteiger partial charge is 0.264 e. The van der Waals surface area contributed by atoms with Crippen LogP contribution in [0.5, 0.6) is 0 Å². The van der Waals surface area contributed by atoms with Crippen LogP contribution in [0.15, 0.2) is 65.7 Å². The molecule has 1 aliphatic heterocycles. The number of carbonyl (C=O) groups is 1. The third-order valence-corrected chi connectivity index (χ3v) is 6.04. The van der Waals surface area contributed by atoms with Gasteiger partial charge in [-0.25, -0.2) is 9.97 Å². The van der Waals surface area contributed by atoms with E-state index >= 15 is 0 Å². The van der Waals surface area contributed by atoms with Crippen LogP contribution in [0.1, 0.15) is 29.0 Å². The summed E-state index contributed by atoms with van der Waals surface area (Å²) in [5, 5.41) is 8.04. The maximum atomic E-state index is 13.6. The number of pyridine rings is 1. The number of amides is 1. The molecule has 166 valence electrons. The third-order valence-electron chi connectivity index (χ3n) is 5.73. The van der Waals surface area contributed by atoms with Crippen molar-refractivity contribution >= 4 is 39.9 Å². The molecule has 1 aliphatic rings. The van der Waals surface area contributed by atoms with Gasteiger partial charge in [0, 0.05) is 18.4 Å².